The minimum Gasteiger partial charge on any atom is -0.481 e. The standard InChI is InChI=1S/C12H21F3N2O3/c1-3-9(4-5-10(18)19)6-7-16-11(20)17(2)8-12(13,14)15/h9H,3-8H2,1-2H3,(H,16,20)(H,18,19). The summed E-state index contributed by atoms with van der Waals surface area (Å²) in [4.78, 5) is 22.4. The molecule has 0 fully saturated rings. The fourth-order valence-corrected chi connectivity index (χ4v) is 1.74. The van der Waals surface area contributed by atoms with Gasteiger partial charge >= 0.3 is 18.2 Å². The number of hydrogen-bond donors (Lipinski definition) is 2. The van der Waals surface area contributed by atoms with E-state index >= 15 is 0 Å². The lowest BCUT2D eigenvalue weighted by Crippen LogP contribution is -2.42. The van der Waals surface area contributed by atoms with Gasteiger partial charge in [0, 0.05) is 20.0 Å². The van der Waals surface area contributed by atoms with E-state index in [0.29, 0.717) is 17.7 Å². The van der Waals surface area contributed by atoms with Crippen LogP contribution in [0.15, 0.2) is 0 Å². The fraction of sp³-hybridized carbons (Fsp3) is 0.833. The van der Waals surface area contributed by atoms with E-state index < -0.39 is 24.7 Å². The monoisotopic (exact) mass is 298 g/mol. The minimum absolute atomic E-state index is 0.0560. The highest BCUT2D eigenvalue weighted by Gasteiger charge is 2.31. The first kappa shape index (κ1) is 18.5. The lowest BCUT2D eigenvalue weighted by atomic mass is 9.97. The molecule has 0 aromatic carbocycles. The summed E-state index contributed by atoms with van der Waals surface area (Å²) in [7, 11) is 1.07. The number of aliphatic carboxylic acids is 1. The zero-order valence-electron chi connectivity index (χ0n) is 11.7. The zero-order chi connectivity index (χ0) is 15.8. The third-order valence-electron chi connectivity index (χ3n) is 2.94. The molecular weight excluding hydrogens is 277 g/mol. The van der Waals surface area contributed by atoms with Gasteiger partial charge in [-0.2, -0.15) is 13.2 Å². The molecule has 5 nitrogen and oxygen atoms in total. The van der Waals surface area contributed by atoms with Crippen LogP contribution >= 0.6 is 0 Å². The van der Waals surface area contributed by atoms with Crippen LogP contribution in [0.3, 0.4) is 0 Å². The third-order valence-corrected chi connectivity index (χ3v) is 2.94. The normalized spacial score (nSPS) is 12.8. The van der Waals surface area contributed by atoms with Gasteiger partial charge in [-0.25, -0.2) is 4.79 Å². The largest absolute Gasteiger partial charge is 0.481 e. The van der Waals surface area contributed by atoms with Crippen molar-refractivity contribution in [3.8, 4) is 0 Å². The number of rotatable bonds is 8. The van der Waals surface area contributed by atoms with E-state index in [9.17, 15) is 22.8 Å². The van der Waals surface area contributed by atoms with Crippen molar-refractivity contribution in [1.82, 2.24) is 10.2 Å². The van der Waals surface area contributed by atoms with Gasteiger partial charge in [0.05, 0.1) is 0 Å². The Morgan fingerprint density at radius 1 is 1.30 bits per heavy atom. The molecule has 0 bridgehead atoms. The van der Waals surface area contributed by atoms with E-state index in [1.54, 1.807) is 0 Å². The molecule has 0 aromatic rings. The lowest BCUT2D eigenvalue weighted by Gasteiger charge is -2.20. The smallest absolute Gasteiger partial charge is 0.406 e. The molecule has 0 saturated carbocycles. The number of nitrogens with zero attached hydrogens (tertiary/aromatic N) is 1. The van der Waals surface area contributed by atoms with Gasteiger partial charge < -0.3 is 15.3 Å². The third kappa shape index (κ3) is 9.46. The molecule has 0 aliphatic carbocycles. The second kappa shape index (κ2) is 8.65. The van der Waals surface area contributed by atoms with E-state index in [-0.39, 0.29) is 18.9 Å². The molecule has 0 heterocycles. The number of alkyl halides is 3. The van der Waals surface area contributed by atoms with E-state index in [0.717, 1.165) is 13.5 Å². The van der Waals surface area contributed by atoms with Gasteiger partial charge in [0.25, 0.3) is 0 Å². The molecule has 1 unspecified atom stereocenters. The highest BCUT2D eigenvalue weighted by Crippen LogP contribution is 2.16. The second-order valence-corrected chi connectivity index (χ2v) is 4.70. The van der Waals surface area contributed by atoms with Crippen molar-refractivity contribution in [2.45, 2.75) is 38.8 Å². The van der Waals surface area contributed by atoms with Gasteiger partial charge in [-0.1, -0.05) is 13.3 Å². The molecule has 20 heavy (non-hydrogen) atoms. The summed E-state index contributed by atoms with van der Waals surface area (Å²) in [6.45, 7) is 0.846. The predicted octanol–water partition coefficient (Wildman–Crippen LogP) is 2.47. The molecule has 1 atom stereocenters. The first-order valence-electron chi connectivity index (χ1n) is 6.43. The fourth-order valence-electron chi connectivity index (χ4n) is 1.74. The van der Waals surface area contributed by atoms with Crippen molar-refractivity contribution < 1.29 is 27.9 Å². The molecule has 0 aromatic heterocycles. The molecule has 2 N–H and O–H groups in total. The van der Waals surface area contributed by atoms with Crippen molar-refractivity contribution in [2.75, 3.05) is 20.1 Å². The van der Waals surface area contributed by atoms with E-state index in [1.807, 2.05) is 6.92 Å². The zero-order valence-corrected chi connectivity index (χ0v) is 11.7. The van der Waals surface area contributed by atoms with Gasteiger partial charge in [0.2, 0.25) is 0 Å². The molecule has 8 heteroatoms. The number of halogens is 3. The highest BCUT2D eigenvalue weighted by molar-refractivity contribution is 5.73. The maximum absolute atomic E-state index is 12.1. The van der Waals surface area contributed by atoms with Crippen molar-refractivity contribution in [3.05, 3.63) is 0 Å². The molecule has 0 saturated heterocycles. The van der Waals surface area contributed by atoms with Crippen LogP contribution in [0.4, 0.5) is 18.0 Å². The Morgan fingerprint density at radius 2 is 1.90 bits per heavy atom. The van der Waals surface area contributed by atoms with E-state index in [1.165, 1.54) is 0 Å². The van der Waals surface area contributed by atoms with Gasteiger partial charge in [0.1, 0.15) is 6.54 Å². The van der Waals surface area contributed by atoms with Crippen molar-refractivity contribution in [1.29, 1.82) is 0 Å². The quantitative estimate of drug-likeness (QED) is 0.723. The Labute approximate surface area is 116 Å². The summed E-state index contributed by atoms with van der Waals surface area (Å²) in [5.41, 5.74) is 0. The Hall–Kier alpha value is -1.47. The molecule has 0 radical (unpaired) electrons. The van der Waals surface area contributed by atoms with Gasteiger partial charge in [-0.3, -0.25) is 4.79 Å². The van der Waals surface area contributed by atoms with Crippen LogP contribution in [-0.4, -0.2) is 48.3 Å². The van der Waals surface area contributed by atoms with Crippen molar-refractivity contribution in [3.63, 3.8) is 0 Å². The Balaban J connectivity index is 3.96. The first-order chi connectivity index (χ1) is 9.15. The average molecular weight is 298 g/mol. The van der Waals surface area contributed by atoms with Gasteiger partial charge in [-0.05, 0) is 18.8 Å². The molecule has 118 valence electrons. The number of hydrogen-bond acceptors (Lipinski definition) is 2. The number of carboxylic acids is 1. The van der Waals surface area contributed by atoms with Crippen LogP contribution in [0.1, 0.15) is 32.6 Å². The number of nitrogens with one attached hydrogen (secondary N) is 1. The van der Waals surface area contributed by atoms with Crippen molar-refractivity contribution in [2.24, 2.45) is 5.92 Å². The number of carbonyl (C=O) groups excluding carboxylic acids is 1. The summed E-state index contributed by atoms with van der Waals surface area (Å²) in [6, 6.07) is -0.782. The number of amides is 2. The van der Waals surface area contributed by atoms with E-state index in [4.69, 9.17) is 5.11 Å². The average Bonchev–Trinajstić information content (AvgIpc) is 2.30. The number of urea groups is 1. The highest BCUT2D eigenvalue weighted by atomic mass is 19.4. The Kier molecular flexibility index (Phi) is 8.02. The summed E-state index contributed by atoms with van der Waals surface area (Å²) in [5, 5.41) is 11.0. The van der Waals surface area contributed by atoms with Crippen LogP contribution in [0.5, 0.6) is 0 Å². The number of carbonyl (C=O) groups is 2. The predicted molar refractivity (Wildman–Crippen MR) is 67.4 cm³/mol. The summed E-state index contributed by atoms with van der Waals surface area (Å²) in [6.07, 6.45) is -2.54. The van der Waals surface area contributed by atoms with Crippen LogP contribution in [0, 0.1) is 5.92 Å². The van der Waals surface area contributed by atoms with Crippen molar-refractivity contribution >= 4 is 12.0 Å². The van der Waals surface area contributed by atoms with Crippen LogP contribution in [-0.2, 0) is 4.79 Å². The van der Waals surface area contributed by atoms with E-state index in [2.05, 4.69) is 5.32 Å². The maximum atomic E-state index is 12.1. The van der Waals surface area contributed by atoms with Gasteiger partial charge in [-0.15, -0.1) is 0 Å². The molecule has 0 rings (SSSR count). The Bertz CT molecular complexity index is 322. The molecule has 0 spiro atoms. The summed E-state index contributed by atoms with van der Waals surface area (Å²) < 4.78 is 36.2. The summed E-state index contributed by atoms with van der Waals surface area (Å²) >= 11 is 0. The molecule has 0 aliphatic rings. The minimum atomic E-state index is -4.42. The first-order valence-corrected chi connectivity index (χ1v) is 6.43. The van der Waals surface area contributed by atoms with Crippen LogP contribution in [0.2, 0.25) is 0 Å². The second-order valence-electron chi connectivity index (χ2n) is 4.70. The molecule has 0 aliphatic heterocycles. The van der Waals surface area contributed by atoms with Crippen LogP contribution < -0.4 is 5.32 Å². The molecule has 2 amide bonds. The molecular formula is C12H21F3N2O3. The lowest BCUT2D eigenvalue weighted by molar-refractivity contribution is -0.138. The maximum Gasteiger partial charge on any atom is 0.406 e. The Morgan fingerprint density at radius 3 is 2.35 bits per heavy atom. The van der Waals surface area contributed by atoms with Crippen LogP contribution in [0.25, 0.3) is 0 Å². The SMILES string of the molecule is CCC(CCNC(=O)N(C)CC(F)(F)F)CCC(=O)O. The number of carboxylic acid groups (broad SMARTS) is 1. The summed E-state index contributed by atoms with van der Waals surface area (Å²) in [5.74, 6) is -0.739. The van der Waals surface area contributed by atoms with Gasteiger partial charge in [0.15, 0.2) is 0 Å². The topological polar surface area (TPSA) is 69.6 Å².